The molecule has 5 nitrogen and oxygen atoms in total. The zero-order valence-electron chi connectivity index (χ0n) is 14.1. The monoisotopic (exact) mass is 338 g/mol. The van der Waals surface area contributed by atoms with Crippen molar-refractivity contribution in [3.8, 4) is 11.5 Å². The summed E-state index contributed by atoms with van der Waals surface area (Å²) in [6.07, 6.45) is 2.01. The molecule has 1 aromatic heterocycles. The summed E-state index contributed by atoms with van der Waals surface area (Å²) < 4.78 is 15.6. The van der Waals surface area contributed by atoms with Crippen LogP contribution in [-0.2, 0) is 6.42 Å². The van der Waals surface area contributed by atoms with E-state index < -0.39 is 11.6 Å². The zero-order valence-corrected chi connectivity index (χ0v) is 14.1. The molecule has 0 bridgehead atoms. The molecule has 1 heterocycles. The molecule has 0 atom stereocenters. The second kappa shape index (κ2) is 7.21. The average Bonchev–Trinajstić information content (AvgIpc) is 2.62. The molecule has 0 saturated heterocycles. The average molecular weight is 338 g/mol. The number of hydrogen-bond donors (Lipinski definition) is 0. The van der Waals surface area contributed by atoms with Crippen LogP contribution in [0.5, 0.6) is 11.5 Å². The van der Waals surface area contributed by atoms with Crippen molar-refractivity contribution < 1.29 is 18.7 Å². The number of rotatable bonds is 5. The molecule has 0 fully saturated rings. The second-order valence-electron chi connectivity index (χ2n) is 5.63. The van der Waals surface area contributed by atoms with E-state index in [1.165, 1.54) is 18.7 Å². The summed E-state index contributed by atoms with van der Waals surface area (Å²) in [6, 6.07) is 13.7. The number of carbonyl (C=O) groups is 1. The first-order chi connectivity index (χ1) is 12.1. The lowest BCUT2D eigenvalue weighted by atomic mass is 10.1. The van der Waals surface area contributed by atoms with Crippen molar-refractivity contribution in [3.05, 3.63) is 70.1 Å². The molecule has 0 N–H and O–H groups in total. The molecule has 0 unspecified atom stereocenters. The highest BCUT2D eigenvalue weighted by Crippen LogP contribution is 2.21. The summed E-state index contributed by atoms with van der Waals surface area (Å²) in [5.41, 5.74) is 0.662. The maximum absolute atomic E-state index is 12.3. The Balaban J connectivity index is 1.88. The molecule has 0 spiro atoms. The van der Waals surface area contributed by atoms with Gasteiger partial charge in [-0.05, 0) is 48.4 Å². The molecule has 0 aliphatic heterocycles. The molecule has 128 valence electrons. The Morgan fingerprint density at radius 1 is 1.04 bits per heavy atom. The SMILES string of the molecule is CCCc1ccc(OC(=O)c2cc3cc(OC)ccc3oc2=O)cc1. The first-order valence-electron chi connectivity index (χ1n) is 8.03. The number of ether oxygens (including phenoxy) is 2. The molecule has 3 rings (SSSR count). The summed E-state index contributed by atoms with van der Waals surface area (Å²) in [5, 5.41) is 0.587. The van der Waals surface area contributed by atoms with Crippen molar-refractivity contribution in [2.45, 2.75) is 19.8 Å². The van der Waals surface area contributed by atoms with Gasteiger partial charge in [0.15, 0.2) is 0 Å². The van der Waals surface area contributed by atoms with Crippen LogP contribution in [-0.4, -0.2) is 13.1 Å². The fourth-order valence-corrected chi connectivity index (χ4v) is 2.55. The number of benzene rings is 2. The van der Waals surface area contributed by atoms with Gasteiger partial charge in [0.05, 0.1) is 7.11 Å². The Morgan fingerprint density at radius 3 is 2.44 bits per heavy atom. The normalized spacial score (nSPS) is 10.6. The first kappa shape index (κ1) is 16.8. The van der Waals surface area contributed by atoms with E-state index in [4.69, 9.17) is 13.9 Å². The van der Waals surface area contributed by atoms with Crippen LogP contribution in [0.25, 0.3) is 11.0 Å². The maximum Gasteiger partial charge on any atom is 0.351 e. The summed E-state index contributed by atoms with van der Waals surface area (Å²) in [4.78, 5) is 24.4. The number of hydrogen-bond acceptors (Lipinski definition) is 5. The van der Waals surface area contributed by atoms with Crippen molar-refractivity contribution >= 4 is 16.9 Å². The predicted octanol–water partition coefficient (Wildman–Crippen LogP) is 3.97. The second-order valence-corrected chi connectivity index (χ2v) is 5.63. The third-order valence-electron chi connectivity index (χ3n) is 3.83. The van der Waals surface area contributed by atoms with Gasteiger partial charge in [-0.3, -0.25) is 0 Å². The number of fused-ring (bicyclic) bond motifs is 1. The Labute approximate surface area is 144 Å². The molecule has 3 aromatic rings. The highest BCUT2D eigenvalue weighted by molar-refractivity contribution is 5.94. The van der Waals surface area contributed by atoms with E-state index in [0.717, 1.165) is 12.8 Å². The van der Waals surface area contributed by atoms with Crippen LogP contribution in [0.3, 0.4) is 0 Å². The van der Waals surface area contributed by atoms with Crippen molar-refractivity contribution in [3.63, 3.8) is 0 Å². The summed E-state index contributed by atoms with van der Waals surface area (Å²) in [7, 11) is 1.54. The quantitative estimate of drug-likeness (QED) is 0.400. The minimum absolute atomic E-state index is 0.154. The Hall–Kier alpha value is -3.08. The topological polar surface area (TPSA) is 65.7 Å². The fourth-order valence-electron chi connectivity index (χ4n) is 2.55. The Bertz CT molecular complexity index is 954. The van der Waals surface area contributed by atoms with E-state index in [-0.39, 0.29) is 5.56 Å². The van der Waals surface area contributed by atoms with E-state index in [0.29, 0.717) is 22.5 Å². The predicted molar refractivity (Wildman–Crippen MR) is 94.4 cm³/mol. The number of methoxy groups -OCH3 is 1. The summed E-state index contributed by atoms with van der Waals surface area (Å²) in [6.45, 7) is 2.10. The van der Waals surface area contributed by atoms with Crippen molar-refractivity contribution in [2.75, 3.05) is 7.11 Å². The van der Waals surface area contributed by atoms with E-state index >= 15 is 0 Å². The van der Waals surface area contributed by atoms with E-state index in [9.17, 15) is 9.59 Å². The Kier molecular flexibility index (Phi) is 4.84. The summed E-state index contributed by atoms with van der Waals surface area (Å²) in [5.74, 6) is 0.240. The van der Waals surface area contributed by atoms with Crippen LogP contribution < -0.4 is 15.1 Å². The molecular weight excluding hydrogens is 320 g/mol. The molecular formula is C20H18O5. The van der Waals surface area contributed by atoms with Gasteiger partial charge >= 0.3 is 11.6 Å². The lowest BCUT2D eigenvalue weighted by Crippen LogP contribution is -2.18. The van der Waals surface area contributed by atoms with Crippen LogP contribution in [0.4, 0.5) is 0 Å². The third-order valence-corrected chi connectivity index (χ3v) is 3.83. The molecule has 0 aliphatic rings. The highest BCUT2D eigenvalue weighted by Gasteiger charge is 2.16. The van der Waals surface area contributed by atoms with Crippen LogP contribution in [0.15, 0.2) is 57.7 Å². The molecule has 25 heavy (non-hydrogen) atoms. The van der Waals surface area contributed by atoms with Crippen molar-refractivity contribution in [1.82, 2.24) is 0 Å². The smallest absolute Gasteiger partial charge is 0.351 e. The van der Waals surface area contributed by atoms with Gasteiger partial charge in [-0.1, -0.05) is 25.5 Å². The van der Waals surface area contributed by atoms with Gasteiger partial charge < -0.3 is 13.9 Å². The van der Waals surface area contributed by atoms with Gasteiger partial charge in [0.1, 0.15) is 22.6 Å². The molecule has 2 aromatic carbocycles. The summed E-state index contributed by atoms with van der Waals surface area (Å²) >= 11 is 0. The Morgan fingerprint density at radius 2 is 1.76 bits per heavy atom. The molecule has 5 heteroatoms. The third kappa shape index (κ3) is 3.71. The molecule has 0 aliphatic carbocycles. The first-order valence-corrected chi connectivity index (χ1v) is 8.03. The number of aryl methyl sites for hydroxylation is 1. The van der Waals surface area contributed by atoms with E-state index in [1.807, 2.05) is 12.1 Å². The number of esters is 1. The van der Waals surface area contributed by atoms with Crippen LogP contribution in [0, 0.1) is 0 Å². The minimum Gasteiger partial charge on any atom is -0.497 e. The zero-order chi connectivity index (χ0) is 17.8. The largest absolute Gasteiger partial charge is 0.497 e. The fraction of sp³-hybridized carbons (Fsp3) is 0.200. The lowest BCUT2D eigenvalue weighted by molar-refractivity contribution is 0.0730. The van der Waals surface area contributed by atoms with Crippen LogP contribution in [0.1, 0.15) is 29.3 Å². The maximum atomic E-state index is 12.3. The van der Waals surface area contributed by atoms with E-state index in [2.05, 4.69) is 6.92 Å². The van der Waals surface area contributed by atoms with Gasteiger partial charge in [-0.15, -0.1) is 0 Å². The molecule has 0 saturated carbocycles. The minimum atomic E-state index is -0.748. The highest BCUT2D eigenvalue weighted by atomic mass is 16.5. The van der Waals surface area contributed by atoms with Crippen LogP contribution in [0.2, 0.25) is 0 Å². The molecule has 0 amide bonds. The van der Waals surface area contributed by atoms with Crippen molar-refractivity contribution in [1.29, 1.82) is 0 Å². The molecule has 0 radical (unpaired) electrons. The standard InChI is InChI=1S/C20H18O5/c1-3-4-13-5-7-15(8-6-13)24-19(21)17-12-14-11-16(23-2)9-10-18(14)25-20(17)22/h5-12H,3-4H2,1-2H3. The van der Waals surface area contributed by atoms with Gasteiger partial charge in [0.2, 0.25) is 0 Å². The number of carbonyl (C=O) groups excluding carboxylic acids is 1. The van der Waals surface area contributed by atoms with Crippen LogP contribution >= 0.6 is 0 Å². The van der Waals surface area contributed by atoms with Gasteiger partial charge in [-0.25, -0.2) is 9.59 Å². The van der Waals surface area contributed by atoms with Crippen molar-refractivity contribution in [2.24, 2.45) is 0 Å². The van der Waals surface area contributed by atoms with Gasteiger partial charge in [-0.2, -0.15) is 0 Å². The van der Waals surface area contributed by atoms with Gasteiger partial charge in [0, 0.05) is 5.39 Å². The van der Waals surface area contributed by atoms with Gasteiger partial charge in [0.25, 0.3) is 0 Å². The lowest BCUT2D eigenvalue weighted by Gasteiger charge is -2.06. The van der Waals surface area contributed by atoms with E-state index in [1.54, 1.807) is 30.3 Å².